The molecule has 1 aliphatic heterocycles. The van der Waals surface area contributed by atoms with Gasteiger partial charge in [0.05, 0.1) is 19.8 Å². The Hall–Kier alpha value is -1.75. The van der Waals surface area contributed by atoms with Crippen LogP contribution in [0.3, 0.4) is 0 Å². The van der Waals surface area contributed by atoms with E-state index in [1.165, 1.54) is 0 Å². The average molecular weight is 264 g/mol. The summed E-state index contributed by atoms with van der Waals surface area (Å²) in [6.07, 6.45) is 0. The van der Waals surface area contributed by atoms with Crippen LogP contribution in [-0.4, -0.2) is 42.8 Å². The molecule has 2 rings (SSSR count). The van der Waals surface area contributed by atoms with Crippen LogP contribution in [0.15, 0.2) is 12.1 Å². The van der Waals surface area contributed by atoms with Crippen LogP contribution in [0.25, 0.3) is 0 Å². The van der Waals surface area contributed by atoms with Crippen molar-refractivity contribution in [2.45, 2.75) is 19.9 Å². The summed E-state index contributed by atoms with van der Waals surface area (Å²) >= 11 is 0. The van der Waals surface area contributed by atoms with E-state index < -0.39 is 0 Å². The third-order valence-electron chi connectivity index (χ3n) is 3.42. The maximum atomic E-state index is 11.8. The van der Waals surface area contributed by atoms with Crippen molar-refractivity contribution in [3.63, 3.8) is 0 Å². The molecule has 1 aliphatic rings. The lowest BCUT2D eigenvalue weighted by atomic mass is 9.98. The molecule has 5 nitrogen and oxygen atoms in total. The number of hydrogen-bond acceptors (Lipinski definition) is 3. The van der Waals surface area contributed by atoms with Crippen molar-refractivity contribution in [3.8, 4) is 5.75 Å². The minimum Gasteiger partial charge on any atom is -0.496 e. The number of carbonyl (C=O) groups is 1. The first-order valence-electron chi connectivity index (χ1n) is 6.38. The fraction of sp³-hybridized carbons (Fsp3) is 0.500. The molecular formula is C14H20N2O3. The van der Waals surface area contributed by atoms with Gasteiger partial charge in [0.15, 0.2) is 0 Å². The van der Waals surface area contributed by atoms with Gasteiger partial charge in [-0.1, -0.05) is 6.07 Å². The first kappa shape index (κ1) is 13.7. The second-order valence-electron chi connectivity index (χ2n) is 4.87. The number of rotatable bonds is 4. The number of benzene rings is 1. The molecule has 0 bridgehead atoms. The van der Waals surface area contributed by atoms with Crippen molar-refractivity contribution in [2.75, 3.05) is 26.8 Å². The van der Waals surface area contributed by atoms with Gasteiger partial charge in [-0.2, -0.15) is 0 Å². The first-order valence-corrected chi connectivity index (χ1v) is 6.38. The lowest BCUT2D eigenvalue weighted by Crippen LogP contribution is -2.30. The van der Waals surface area contributed by atoms with Gasteiger partial charge in [-0.3, -0.25) is 0 Å². The second-order valence-corrected chi connectivity index (χ2v) is 4.87. The molecule has 1 fully saturated rings. The maximum absolute atomic E-state index is 11.8. The van der Waals surface area contributed by atoms with Gasteiger partial charge in [0, 0.05) is 18.7 Å². The first-order chi connectivity index (χ1) is 9.06. The predicted octanol–water partition coefficient (Wildman–Crippen LogP) is 1.37. The summed E-state index contributed by atoms with van der Waals surface area (Å²) < 4.78 is 5.43. The molecule has 1 unspecified atom stereocenters. The highest BCUT2D eigenvalue weighted by molar-refractivity contribution is 5.77. The number of methoxy groups -OCH3 is 1. The van der Waals surface area contributed by atoms with Crippen LogP contribution in [-0.2, 0) is 0 Å². The van der Waals surface area contributed by atoms with E-state index >= 15 is 0 Å². The molecule has 1 atom stereocenters. The summed E-state index contributed by atoms with van der Waals surface area (Å²) in [5.41, 5.74) is 3.25. The smallest absolute Gasteiger partial charge is 0.318 e. The van der Waals surface area contributed by atoms with E-state index in [1.54, 1.807) is 12.0 Å². The third-order valence-corrected chi connectivity index (χ3v) is 3.42. The van der Waals surface area contributed by atoms with Crippen molar-refractivity contribution < 1.29 is 14.6 Å². The fourth-order valence-electron chi connectivity index (χ4n) is 2.62. The molecule has 0 spiro atoms. The number of nitrogens with zero attached hydrogens (tertiary/aromatic N) is 1. The minimum atomic E-state index is -0.138. The molecule has 104 valence electrons. The quantitative estimate of drug-likeness (QED) is 0.863. The van der Waals surface area contributed by atoms with Crippen molar-refractivity contribution in [3.05, 3.63) is 28.8 Å². The largest absolute Gasteiger partial charge is 0.496 e. The molecule has 0 aromatic heterocycles. The van der Waals surface area contributed by atoms with Gasteiger partial charge in [-0.05, 0) is 31.0 Å². The monoisotopic (exact) mass is 264 g/mol. The highest BCUT2D eigenvalue weighted by Gasteiger charge is 2.32. The highest BCUT2D eigenvalue weighted by Crippen LogP contribution is 2.32. The van der Waals surface area contributed by atoms with E-state index in [1.807, 2.05) is 19.9 Å². The van der Waals surface area contributed by atoms with Crippen LogP contribution in [0.4, 0.5) is 4.79 Å². The standard InChI is InChI=1S/C14H20N2O3/c1-9-6-10(2)13(12(7-9)19-3)11-8-16(4-5-17)14(18)15-11/h6-7,11,17H,4-5,8H2,1-3H3,(H,15,18). The topological polar surface area (TPSA) is 61.8 Å². The summed E-state index contributed by atoms with van der Waals surface area (Å²) in [6.45, 7) is 4.93. The highest BCUT2D eigenvalue weighted by atomic mass is 16.5. The number of β-amino-alcohol motifs (C(OH)–C–C–N with tert-alkyl or cyclic N) is 1. The normalized spacial score (nSPS) is 18.6. The number of amides is 2. The maximum Gasteiger partial charge on any atom is 0.318 e. The minimum absolute atomic E-state index is 0.0237. The molecule has 5 heteroatoms. The number of carbonyl (C=O) groups excluding carboxylic acids is 1. The Balaban J connectivity index is 2.30. The number of aryl methyl sites for hydroxylation is 2. The number of nitrogens with one attached hydrogen (secondary N) is 1. The Labute approximate surface area is 113 Å². The van der Waals surface area contributed by atoms with Crippen molar-refractivity contribution >= 4 is 6.03 Å². The second kappa shape index (κ2) is 5.48. The predicted molar refractivity (Wildman–Crippen MR) is 72.4 cm³/mol. The summed E-state index contributed by atoms with van der Waals surface area (Å²) in [6, 6.07) is 3.83. The van der Waals surface area contributed by atoms with Gasteiger partial charge < -0.3 is 20.1 Å². The molecule has 1 heterocycles. The van der Waals surface area contributed by atoms with Crippen LogP contribution in [0.2, 0.25) is 0 Å². The Morgan fingerprint density at radius 2 is 2.21 bits per heavy atom. The summed E-state index contributed by atoms with van der Waals surface area (Å²) in [5.74, 6) is 0.800. The Kier molecular flexibility index (Phi) is 3.95. The molecule has 1 aromatic carbocycles. The molecule has 19 heavy (non-hydrogen) atoms. The van der Waals surface area contributed by atoms with Crippen molar-refractivity contribution in [1.29, 1.82) is 0 Å². The van der Waals surface area contributed by atoms with E-state index in [2.05, 4.69) is 11.4 Å². The Bertz CT molecular complexity index is 488. The van der Waals surface area contributed by atoms with E-state index in [4.69, 9.17) is 9.84 Å². The van der Waals surface area contributed by atoms with E-state index in [-0.39, 0.29) is 18.7 Å². The van der Waals surface area contributed by atoms with E-state index in [9.17, 15) is 4.79 Å². The number of aliphatic hydroxyl groups is 1. The van der Waals surface area contributed by atoms with Gasteiger partial charge in [0.2, 0.25) is 0 Å². The zero-order chi connectivity index (χ0) is 14.0. The summed E-state index contributed by atoms with van der Waals surface area (Å²) in [7, 11) is 1.64. The fourth-order valence-corrected chi connectivity index (χ4v) is 2.62. The number of hydrogen-bond donors (Lipinski definition) is 2. The van der Waals surface area contributed by atoms with Crippen LogP contribution < -0.4 is 10.1 Å². The van der Waals surface area contributed by atoms with Crippen LogP contribution in [0.1, 0.15) is 22.7 Å². The van der Waals surface area contributed by atoms with Crippen molar-refractivity contribution in [2.24, 2.45) is 0 Å². The molecule has 0 saturated carbocycles. The summed E-state index contributed by atoms with van der Waals surface area (Å²) in [4.78, 5) is 13.4. The Morgan fingerprint density at radius 3 is 2.84 bits per heavy atom. The van der Waals surface area contributed by atoms with Crippen molar-refractivity contribution in [1.82, 2.24) is 10.2 Å². The van der Waals surface area contributed by atoms with Crippen LogP contribution >= 0.6 is 0 Å². The number of ether oxygens (including phenoxy) is 1. The zero-order valence-corrected chi connectivity index (χ0v) is 11.6. The van der Waals surface area contributed by atoms with Crippen LogP contribution in [0.5, 0.6) is 5.75 Å². The molecular weight excluding hydrogens is 244 g/mol. The van der Waals surface area contributed by atoms with E-state index in [0.717, 1.165) is 22.4 Å². The van der Waals surface area contributed by atoms with E-state index in [0.29, 0.717) is 13.1 Å². The number of urea groups is 1. The Morgan fingerprint density at radius 1 is 1.47 bits per heavy atom. The lowest BCUT2D eigenvalue weighted by Gasteiger charge is -2.18. The summed E-state index contributed by atoms with van der Waals surface area (Å²) in [5, 5.41) is 11.9. The molecule has 2 N–H and O–H groups in total. The van der Waals surface area contributed by atoms with Gasteiger partial charge in [0.25, 0.3) is 0 Å². The van der Waals surface area contributed by atoms with Gasteiger partial charge in [-0.25, -0.2) is 4.79 Å². The SMILES string of the molecule is COc1cc(C)cc(C)c1C1CN(CCO)C(=O)N1. The third kappa shape index (κ3) is 2.66. The molecule has 1 saturated heterocycles. The van der Waals surface area contributed by atoms with Gasteiger partial charge in [0.1, 0.15) is 5.75 Å². The van der Waals surface area contributed by atoms with Gasteiger partial charge >= 0.3 is 6.03 Å². The van der Waals surface area contributed by atoms with Crippen LogP contribution in [0, 0.1) is 13.8 Å². The zero-order valence-electron chi connectivity index (χ0n) is 11.6. The molecule has 0 aliphatic carbocycles. The lowest BCUT2D eigenvalue weighted by molar-refractivity contribution is 0.196. The number of aliphatic hydroxyl groups excluding tert-OH is 1. The molecule has 2 amide bonds. The molecule has 1 aromatic rings. The molecule has 0 radical (unpaired) electrons. The van der Waals surface area contributed by atoms with Gasteiger partial charge in [-0.15, -0.1) is 0 Å². The average Bonchev–Trinajstić information content (AvgIpc) is 2.70.